The zero-order valence-corrected chi connectivity index (χ0v) is 12.2. The van der Waals surface area contributed by atoms with Gasteiger partial charge in [0.1, 0.15) is 6.04 Å². The number of hydrogen-bond donors (Lipinski definition) is 3. The summed E-state index contributed by atoms with van der Waals surface area (Å²) in [5.74, 6) is -1.56. The highest BCUT2D eigenvalue weighted by atomic mass is 16.4. The number of carbonyl (C=O) groups is 2. The second-order valence-corrected chi connectivity index (χ2v) is 4.84. The number of allylic oxidation sites excluding steroid dienone is 1. The Kier molecular flexibility index (Phi) is 7.18. The van der Waals surface area contributed by atoms with Crippen LogP contribution in [0.2, 0.25) is 0 Å². The van der Waals surface area contributed by atoms with Crippen molar-refractivity contribution in [3.63, 3.8) is 0 Å². The molecule has 0 fully saturated rings. The van der Waals surface area contributed by atoms with E-state index in [0.717, 1.165) is 18.4 Å². The third-order valence-electron chi connectivity index (χ3n) is 2.98. The molecular weight excluding hydrogens is 268 g/mol. The zero-order chi connectivity index (χ0) is 15.7. The molecular formula is C16H22N2O3. The summed E-state index contributed by atoms with van der Waals surface area (Å²) in [6.07, 6.45) is 5.30. The molecule has 0 aliphatic carbocycles. The molecule has 2 atom stereocenters. The molecule has 0 aromatic heterocycles. The monoisotopic (exact) mass is 290 g/mol. The Morgan fingerprint density at radius 1 is 1.33 bits per heavy atom. The minimum atomic E-state index is -1.09. The van der Waals surface area contributed by atoms with Crippen LogP contribution in [-0.2, 0) is 16.0 Å². The number of carboxylic acid groups (broad SMARTS) is 1. The summed E-state index contributed by atoms with van der Waals surface area (Å²) >= 11 is 0. The largest absolute Gasteiger partial charge is 0.479 e. The number of aliphatic carboxylic acids is 1. The maximum absolute atomic E-state index is 12.0. The van der Waals surface area contributed by atoms with E-state index in [-0.39, 0.29) is 0 Å². The molecule has 114 valence electrons. The number of rotatable bonds is 8. The van der Waals surface area contributed by atoms with Gasteiger partial charge in [-0.05, 0) is 18.4 Å². The lowest BCUT2D eigenvalue weighted by atomic mass is 10.1. The van der Waals surface area contributed by atoms with E-state index >= 15 is 0 Å². The molecule has 1 amide bonds. The van der Waals surface area contributed by atoms with Gasteiger partial charge in [-0.1, -0.05) is 55.8 Å². The normalized spacial score (nSPS) is 13.8. The molecule has 5 nitrogen and oxygen atoms in total. The van der Waals surface area contributed by atoms with E-state index in [1.165, 1.54) is 6.08 Å². The van der Waals surface area contributed by atoms with Gasteiger partial charge in [-0.2, -0.15) is 0 Å². The van der Waals surface area contributed by atoms with E-state index in [1.807, 2.05) is 37.3 Å². The van der Waals surface area contributed by atoms with Crippen molar-refractivity contribution in [2.45, 2.75) is 38.3 Å². The molecule has 0 heterocycles. The van der Waals surface area contributed by atoms with Crippen LogP contribution in [0.15, 0.2) is 42.5 Å². The second-order valence-electron chi connectivity index (χ2n) is 4.84. The fourth-order valence-corrected chi connectivity index (χ4v) is 1.81. The van der Waals surface area contributed by atoms with Crippen LogP contribution in [0.4, 0.5) is 0 Å². The van der Waals surface area contributed by atoms with Crippen molar-refractivity contribution >= 4 is 11.9 Å². The number of unbranched alkanes of at least 4 members (excludes halogenated alkanes) is 1. The van der Waals surface area contributed by atoms with E-state index in [2.05, 4.69) is 5.32 Å². The zero-order valence-electron chi connectivity index (χ0n) is 12.2. The van der Waals surface area contributed by atoms with Gasteiger partial charge in [0.05, 0.1) is 6.04 Å². The summed E-state index contributed by atoms with van der Waals surface area (Å²) < 4.78 is 0. The molecule has 0 radical (unpaired) electrons. The molecule has 0 aliphatic heterocycles. The average Bonchev–Trinajstić information content (AvgIpc) is 2.47. The standard InChI is InChI=1S/C16H22N2O3/c1-2-3-5-10-14(16(20)21)18-15(19)13(17)11-12-8-6-4-7-9-12/h4-10,13-14H,2-3,11,17H2,1H3,(H,18,19)(H,20,21)/b10-5+/t13-,14?/m0/s1. The summed E-state index contributed by atoms with van der Waals surface area (Å²) in [6.45, 7) is 1.99. The Morgan fingerprint density at radius 2 is 2.00 bits per heavy atom. The van der Waals surface area contributed by atoms with Crippen LogP contribution in [0.5, 0.6) is 0 Å². The van der Waals surface area contributed by atoms with E-state index in [0.29, 0.717) is 6.42 Å². The summed E-state index contributed by atoms with van der Waals surface area (Å²) in [5.41, 5.74) is 6.76. The van der Waals surface area contributed by atoms with Crippen molar-refractivity contribution in [1.82, 2.24) is 5.32 Å². The van der Waals surface area contributed by atoms with Gasteiger partial charge >= 0.3 is 5.97 Å². The molecule has 0 saturated heterocycles. The molecule has 1 unspecified atom stereocenters. The third kappa shape index (κ3) is 6.23. The summed E-state index contributed by atoms with van der Waals surface area (Å²) in [6, 6.07) is 7.57. The van der Waals surface area contributed by atoms with Gasteiger partial charge < -0.3 is 16.2 Å². The minimum absolute atomic E-state index is 0.373. The van der Waals surface area contributed by atoms with Crippen LogP contribution in [-0.4, -0.2) is 29.1 Å². The molecule has 1 aromatic rings. The smallest absolute Gasteiger partial charge is 0.330 e. The highest BCUT2D eigenvalue weighted by molar-refractivity contribution is 5.88. The fourth-order valence-electron chi connectivity index (χ4n) is 1.81. The Hall–Kier alpha value is -2.14. The molecule has 1 aromatic carbocycles. The fraction of sp³-hybridized carbons (Fsp3) is 0.375. The van der Waals surface area contributed by atoms with E-state index in [9.17, 15) is 9.59 Å². The quantitative estimate of drug-likeness (QED) is 0.632. The molecule has 21 heavy (non-hydrogen) atoms. The molecule has 5 heteroatoms. The molecule has 1 rings (SSSR count). The lowest BCUT2D eigenvalue weighted by Gasteiger charge is -2.15. The van der Waals surface area contributed by atoms with Crippen molar-refractivity contribution in [2.24, 2.45) is 5.73 Å². The minimum Gasteiger partial charge on any atom is -0.479 e. The number of hydrogen-bond acceptors (Lipinski definition) is 3. The van der Waals surface area contributed by atoms with Crippen LogP contribution >= 0.6 is 0 Å². The van der Waals surface area contributed by atoms with Crippen LogP contribution in [0.1, 0.15) is 25.3 Å². The van der Waals surface area contributed by atoms with Gasteiger partial charge in [-0.3, -0.25) is 4.79 Å². The molecule has 0 aliphatic rings. The number of benzene rings is 1. The Labute approximate surface area is 124 Å². The van der Waals surface area contributed by atoms with Crippen molar-refractivity contribution in [3.8, 4) is 0 Å². The van der Waals surface area contributed by atoms with Gasteiger partial charge in [-0.25, -0.2) is 4.79 Å². The first kappa shape index (κ1) is 16.9. The van der Waals surface area contributed by atoms with E-state index in [4.69, 9.17) is 10.8 Å². The molecule has 0 spiro atoms. The molecule has 4 N–H and O–H groups in total. The topological polar surface area (TPSA) is 92.4 Å². The van der Waals surface area contributed by atoms with Gasteiger partial charge in [0.2, 0.25) is 5.91 Å². The number of nitrogens with one attached hydrogen (secondary N) is 1. The van der Waals surface area contributed by atoms with Crippen LogP contribution < -0.4 is 11.1 Å². The van der Waals surface area contributed by atoms with Gasteiger partial charge in [0.15, 0.2) is 0 Å². The van der Waals surface area contributed by atoms with E-state index < -0.39 is 24.0 Å². The van der Waals surface area contributed by atoms with E-state index in [1.54, 1.807) is 6.08 Å². The Balaban J connectivity index is 2.58. The van der Waals surface area contributed by atoms with Gasteiger partial charge in [0.25, 0.3) is 0 Å². The summed E-state index contributed by atoms with van der Waals surface area (Å²) in [5, 5.41) is 11.5. The highest BCUT2D eigenvalue weighted by Crippen LogP contribution is 2.02. The summed E-state index contributed by atoms with van der Waals surface area (Å²) in [7, 11) is 0. The first-order valence-corrected chi connectivity index (χ1v) is 7.04. The highest BCUT2D eigenvalue weighted by Gasteiger charge is 2.21. The Morgan fingerprint density at radius 3 is 2.57 bits per heavy atom. The second kappa shape index (κ2) is 8.92. The predicted octanol–water partition coefficient (Wildman–Crippen LogP) is 1.48. The summed E-state index contributed by atoms with van der Waals surface area (Å²) in [4.78, 5) is 23.1. The van der Waals surface area contributed by atoms with Crippen molar-refractivity contribution in [1.29, 1.82) is 0 Å². The number of carboxylic acids is 1. The number of nitrogens with two attached hydrogens (primary N) is 1. The Bertz CT molecular complexity index is 486. The van der Waals surface area contributed by atoms with Crippen molar-refractivity contribution in [2.75, 3.05) is 0 Å². The lowest BCUT2D eigenvalue weighted by Crippen LogP contribution is -2.48. The molecule has 0 saturated carbocycles. The van der Waals surface area contributed by atoms with Crippen LogP contribution in [0.3, 0.4) is 0 Å². The maximum atomic E-state index is 12.0. The maximum Gasteiger partial charge on any atom is 0.330 e. The van der Waals surface area contributed by atoms with Gasteiger partial charge in [-0.15, -0.1) is 0 Å². The average molecular weight is 290 g/mol. The van der Waals surface area contributed by atoms with Crippen LogP contribution in [0.25, 0.3) is 0 Å². The third-order valence-corrected chi connectivity index (χ3v) is 2.98. The van der Waals surface area contributed by atoms with Crippen molar-refractivity contribution in [3.05, 3.63) is 48.0 Å². The van der Waals surface area contributed by atoms with Gasteiger partial charge in [0, 0.05) is 0 Å². The SMILES string of the molecule is CCC/C=C/C(NC(=O)[C@@H](N)Cc1ccccc1)C(=O)O. The first-order valence-electron chi connectivity index (χ1n) is 7.04. The lowest BCUT2D eigenvalue weighted by molar-refractivity contribution is -0.140. The first-order chi connectivity index (χ1) is 10.0. The molecule has 0 bridgehead atoms. The number of amides is 1. The van der Waals surface area contributed by atoms with Crippen LogP contribution in [0, 0.1) is 0 Å². The number of carbonyl (C=O) groups excluding carboxylic acids is 1. The van der Waals surface area contributed by atoms with Crippen molar-refractivity contribution < 1.29 is 14.7 Å². The predicted molar refractivity (Wildman–Crippen MR) is 81.7 cm³/mol.